The van der Waals surface area contributed by atoms with Gasteiger partial charge >= 0.3 is 5.97 Å². The fraction of sp³-hybridized carbons (Fsp3) is 0.130. The fourth-order valence-corrected chi connectivity index (χ4v) is 4.33. The zero-order valence-electron chi connectivity index (χ0n) is 17.1. The van der Waals surface area contributed by atoms with Crippen LogP contribution < -0.4 is 0 Å². The van der Waals surface area contributed by atoms with Crippen molar-refractivity contribution in [1.29, 1.82) is 0 Å². The van der Waals surface area contributed by atoms with E-state index in [0.717, 1.165) is 17.4 Å². The molecule has 0 atom stereocenters. The Morgan fingerprint density at radius 1 is 1.12 bits per heavy atom. The van der Waals surface area contributed by atoms with Crippen LogP contribution in [0.3, 0.4) is 0 Å². The van der Waals surface area contributed by atoms with Crippen molar-refractivity contribution in [2.24, 2.45) is 0 Å². The first-order chi connectivity index (χ1) is 15.3. The van der Waals surface area contributed by atoms with E-state index < -0.39 is 17.6 Å². The third-order valence-corrected chi connectivity index (χ3v) is 5.83. The number of Topliss-reactive ketones (excluding diaryl/α,β-unsaturated/α-hetero) is 1. The van der Waals surface area contributed by atoms with Gasteiger partial charge in [-0.1, -0.05) is 18.2 Å². The Balaban J connectivity index is 1.68. The van der Waals surface area contributed by atoms with Gasteiger partial charge in [0, 0.05) is 35.7 Å². The van der Waals surface area contributed by atoms with Crippen LogP contribution in [0.25, 0.3) is 22.2 Å². The van der Waals surface area contributed by atoms with Gasteiger partial charge in [0.1, 0.15) is 11.3 Å². The van der Waals surface area contributed by atoms with Crippen molar-refractivity contribution in [2.75, 3.05) is 14.1 Å². The molecule has 0 radical (unpaired) electrons. The third-order valence-electron chi connectivity index (χ3n) is 4.85. The first kappa shape index (κ1) is 21.4. The molecule has 0 unspecified atom stereocenters. The smallest absolute Gasteiger partial charge is 0.337 e. The highest BCUT2D eigenvalue weighted by Crippen LogP contribution is 2.34. The molecule has 1 amide bonds. The van der Waals surface area contributed by atoms with E-state index in [0.29, 0.717) is 11.1 Å². The van der Waals surface area contributed by atoms with Crippen LogP contribution in [0.1, 0.15) is 36.3 Å². The summed E-state index contributed by atoms with van der Waals surface area (Å²) in [5.74, 6) is -2.98. The maximum Gasteiger partial charge on any atom is 0.337 e. The first-order valence-corrected chi connectivity index (χ1v) is 10.4. The third kappa shape index (κ3) is 3.90. The molecule has 2 heterocycles. The van der Waals surface area contributed by atoms with Gasteiger partial charge in [0.2, 0.25) is 5.78 Å². The SMILES string of the molecule is CN(C)C(=O)c1ccc(-c2csc(CC(=O)c3nc4ccccc4o3)c2C(=O)O)c(F)c1. The zero-order chi connectivity index (χ0) is 23.0. The van der Waals surface area contributed by atoms with E-state index in [1.54, 1.807) is 38.4 Å². The van der Waals surface area contributed by atoms with Gasteiger partial charge in [0.25, 0.3) is 11.8 Å². The standard InChI is InChI=1S/C23H17FN2O5S/c1-26(2)22(28)12-7-8-13(15(24)9-12)14-11-32-19(20(14)23(29)30)10-17(27)21-25-16-5-3-4-6-18(16)31-21/h3-9,11H,10H2,1-2H3,(H,29,30). The van der Waals surface area contributed by atoms with Crippen molar-refractivity contribution in [3.63, 3.8) is 0 Å². The molecule has 32 heavy (non-hydrogen) atoms. The van der Waals surface area contributed by atoms with Gasteiger partial charge in [-0.3, -0.25) is 9.59 Å². The molecule has 4 rings (SSSR count). The molecule has 162 valence electrons. The normalized spacial score (nSPS) is 11.0. The number of oxazole rings is 1. The number of thiophene rings is 1. The van der Waals surface area contributed by atoms with E-state index in [9.17, 15) is 23.9 Å². The van der Waals surface area contributed by atoms with Crippen LogP contribution in [0, 0.1) is 5.82 Å². The van der Waals surface area contributed by atoms with Crippen molar-refractivity contribution in [3.05, 3.63) is 75.6 Å². The van der Waals surface area contributed by atoms with Crippen molar-refractivity contribution in [3.8, 4) is 11.1 Å². The number of hydrogen-bond acceptors (Lipinski definition) is 6. The maximum atomic E-state index is 14.8. The summed E-state index contributed by atoms with van der Waals surface area (Å²) >= 11 is 1.04. The monoisotopic (exact) mass is 452 g/mol. The van der Waals surface area contributed by atoms with Crippen molar-refractivity contribution < 1.29 is 28.3 Å². The lowest BCUT2D eigenvalue weighted by Crippen LogP contribution is -2.21. The number of para-hydroxylation sites is 2. The molecule has 2 aromatic carbocycles. The van der Waals surface area contributed by atoms with E-state index in [-0.39, 0.29) is 45.3 Å². The molecule has 9 heteroatoms. The van der Waals surface area contributed by atoms with Crippen LogP contribution in [0.5, 0.6) is 0 Å². The molecule has 4 aromatic rings. The number of aromatic nitrogens is 1. The molecule has 0 aliphatic carbocycles. The van der Waals surface area contributed by atoms with E-state index in [1.807, 2.05) is 0 Å². The van der Waals surface area contributed by atoms with Crippen LogP contribution in [0.2, 0.25) is 0 Å². The predicted molar refractivity (Wildman–Crippen MR) is 117 cm³/mol. The molecule has 0 aliphatic heterocycles. The lowest BCUT2D eigenvalue weighted by Gasteiger charge is -2.11. The number of carboxylic acids is 1. The van der Waals surface area contributed by atoms with Crippen LogP contribution >= 0.6 is 11.3 Å². The summed E-state index contributed by atoms with van der Waals surface area (Å²) in [7, 11) is 3.10. The Morgan fingerprint density at radius 2 is 1.88 bits per heavy atom. The lowest BCUT2D eigenvalue weighted by atomic mass is 9.99. The topological polar surface area (TPSA) is 101 Å². The molecular weight excluding hydrogens is 435 g/mol. The molecule has 0 bridgehead atoms. The first-order valence-electron chi connectivity index (χ1n) is 9.50. The van der Waals surface area contributed by atoms with Crippen molar-refractivity contribution in [2.45, 2.75) is 6.42 Å². The van der Waals surface area contributed by atoms with Gasteiger partial charge in [0.15, 0.2) is 5.58 Å². The van der Waals surface area contributed by atoms with Gasteiger partial charge in [-0.25, -0.2) is 14.2 Å². The Hall–Kier alpha value is -3.85. The molecule has 0 aliphatic rings. The van der Waals surface area contributed by atoms with Crippen LogP contribution in [0.4, 0.5) is 4.39 Å². The second-order valence-electron chi connectivity index (χ2n) is 7.23. The minimum absolute atomic E-state index is 0.0366. The number of nitrogens with zero attached hydrogens (tertiary/aromatic N) is 2. The summed E-state index contributed by atoms with van der Waals surface area (Å²) in [5, 5.41) is 11.3. The zero-order valence-corrected chi connectivity index (χ0v) is 17.9. The molecular formula is C23H17FN2O5S. The number of amides is 1. The summed E-state index contributed by atoms with van der Waals surface area (Å²) in [6.07, 6.45) is -0.252. The largest absolute Gasteiger partial charge is 0.478 e. The predicted octanol–water partition coefficient (Wildman–Crippen LogP) is 4.52. The van der Waals surface area contributed by atoms with Crippen LogP contribution in [0.15, 0.2) is 52.3 Å². The second-order valence-corrected chi connectivity index (χ2v) is 8.20. The van der Waals surface area contributed by atoms with Gasteiger partial charge in [0.05, 0.1) is 12.0 Å². The summed E-state index contributed by atoms with van der Waals surface area (Å²) in [5.41, 5.74) is 1.14. The van der Waals surface area contributed by atoms with Crippen molar-refractivity contribution in [1.82, 2.24) is 9.88 Å². The van der Waals surface area contributed by atoms with E-state index in [4.69, 9.17) is 4.42 Å². The molecule has 0 fully saturated rings. The Morgan fingerprint density at radius 3 is 2.53 bits per heavy atom. The molecule has 0 saturated heterocycles. The summed E-state index contributed by atoms with van der Waals surface area (Å²) in [6.45, 7) is 0. The number of carboxylic acid groups (broad SMARTS) is 1. The molecule has 0 spiro atoms. The number of fused-ring (bicyclic) bond motifs is 1. The minimum atomic E-state index is -1.28. The highest BCUT2D eigenvalue weighted by atomic mass is 32.1. The number of halogens is 1. The molecule has 7 nitrogen and oxygen atoms in total. The molecule has 0 saturated carbocycles. The Kier molecular flexibility index (Phi) is 5.58. The Labute approximate surface area is 185 Å². The average molecular weight is 452 g/mol. The lowest BCUT2D eigenvalue weighted by molar-refractivity contribution is 0.0696. The molecule has 1 N–H and O–H groups in total. The second kappa shape index (κ2) is 8.35. The van der Waals surface area contributed by atoms with Crippen molar-refractivity contribution >= 4 is 40.1 Å². The van der Waals surface area contributed by atoms with E-state index >= 15 is 0 Å². The number of hydrogen-bond donors (Lipinski definition) is 1. The summed E-state index contributed by atoms with van der Waals surface area (Å²) < 4.78 is 20.3. The fourth-order valence-electron chi connectivity index (χ4n) is 3.30. The van der Waals surface area contributed by atoms with Gasteiger partial charge in [-0.05, 0) is 29.6 Å². The van der Waals surface area contributed by atoms with E-state index in [1.165, 1.54) is 22.4 Å². The van der Waals surface area contributed by atoms with Gasteiger partial charge < -0.3 is 14.4 Å². The van der Waals surface area contributed by atoms with E-state index in [2.05, 4.69) is 4.98 Å². The highest BCUT2D eigenvalue weighted by molar-refractivity contribution is 7.11. The average Bonchev–Trinajstić information content (AvgIpc) is 3.37. The minimum Gasteiger partial charge on any atom is -0.478 e. The maximum absolute atomic E-state index is 14.8. The summed E-state index contributed by atoms with van der Waals surface area (Å²) in [6, 6.07) is 10.8. The number of carbonyl (C=O) groups excluding carboxylic acids is 2. The van der Waals surface area contributed by atoms with Crippen LogP contribution in [-0.4, -0.2) is 46.7 Å². The quantitative estimate of drug-likeness (QED) is 0.432. The Bertz CT molecular complexity index is 1340. The van der Waals surface area contributed by atoms with Gasteiger partial charge in [-0.15, -0.1) is 11.3 Å². The number of rotatable bonds is 6. The highest BCUT2D eigenvalue weighted by Gasteiger charge is 2.25. The number of aromatic carboxylic acids is 1. The number of ketones is 1. The van der Waals surface area contributed by atoms with Crippen LogP contribution in [-0.2, 0) is 6.42 Å². The number of benzene rings is 2. The molecule has 2 aromatic heterocycles. The van der Waals surface area contributed by atoms with Gasteiger partial charge in [-0.2, -0.15) is 0 Å². The summed E-state index contributed by atoms with van der Waals surface area (Å²) in [4.78, 5) is 42.5. The number of carbonyl (C=O) groups is 3.